The molecule has 2 heteroatoms. The highest BCUT2D eigenvalue weighted by atomic mass is 35.5. The summed E-state index contributed by atoms with van der Waals surface area (Å²) in [6.45, 7) is 8.61. The Labute approximate surface area is 108 Å². The topological polar surface area (TPSA) is 17.1 Å². The van der Waals surface area contributed by atoms with Gasteiger partial charge in [0.1, 0.15) is 0 Å². The zero-order valence-electron chi connectivity index (χ0n) is 11.0. The first-order chi connectivity index (χ1) is 7.93. The number of fused-ring (bicyclic) bond motifs is 1. The molecular formula is C15H19ClO. The van der Waals surface area contributed by atoms with Crippen molar-refractivity contribution in [3.63, 3.8) is 0 Å². The van der Waals surface area contributed by atoms with E-state index in [2.05, 4.69) is 13.8 Å². The van der Waals surface area contributed by atoms with Crippen LogP contribution in [-0.2, 0) is 12.8 Å². The van der Waals surface area contributed by atoms with E-state index in [4.69, 9.17) is 11.6 Å². The molecule has 17 heavy (non-hydrogen) atoms. The van der Waals surface area contributed by atoms with Crippen LogP contribution in [0.1, 0.15) is 52.9 Å². The van der Waals surface area contributed by atoms with Crippen molar-refractivity contribution in [2.45, 2.75) is 47.0 Å². The number of hydrogen-bond acceptors (Lipinski definition) is 1. The SMILES string of the molecule is CCC1(C)Cc2c(C)c(Cl)c(C=O)c(C)c2C1. The lowest BCUT2D eigenvalue weighted by Gasteiger charge is -2.20. The quantitative estimate of drug-likeness (QED) is 0.716. The predicted octanol–water partition coefficient (Wildman–Crippen LogP) is 4.28. The summed E-state index contributed by atoms with van der Waals surface area (Å²) in [5.41, 5.74) is 5.95. The van der Waals surface area contributed by atoms with Gasteiger partial charge in [-0.3, -0.25) is 4.79 Å². The van der Waals surface area contributed by atoms with Crippen LogP contribution < -0.4 is 0 Å². The van der Waals surface area contributed by atoms with Crippen LogP contribution in [0.25, 0.3) is 0 Å². The van der Waals surface area contributed by atoms with Crippen LogP contribution >= 0.6 is 11.6 Å². The molecule has 92 valence electrons. The third-order valence-corrected chi connectivity index (χ3v) is 4.90. The summed E-state index contributed by atoms with van der Waals surface area (Å²) < 4.78 is 0. The molecular weight excluding hydrogens is 232 g/mol. The average Bonchev–Trinajstić information content (AvgIpc) is 2.67. The molecule has 1 aromatic carbocycles. The molecule has 0 saturated carbocycles. The van der Waals surface area contributed by atoms with Gasteiger partial charge in [0.05, 0.1) is 5.02 Å². The highest BCUT2D eigenvalue weighted by Gasteiger charge is 2.34. The van der Waals surface area contributed by atoms with E-state index in [-0.39, 0.29) is 0 Å². The molecule has 1 unspecified atom stereocenters. The Morgan fingerprint density at radius 3 is 2.24 bits per heavy atom. The Morgan fingerprint density at radius 2 is 1.76 bits per heavy atom. The Morgan fingerprint density at radius 1 is 1.24 bits per heavy atom. The Balaban J connectivity index is 2.66. The zero-order chi connectivity index (χ0) is 12.8. The first kappa shape index (κ1) is 12.6. The molecule has 0 N–H and O–H groups in total. The third-order valence-electron chi connectivity index (χ3n) is 4.42. The molecule has 0 heterocycles. The van der Waals surface area contributed by atoms with Crippen LogP contribution in [0.4, 0.5) is 0 Å². The van der Waals surface area contributed by atoms with Crippen LogP contribution in [-0.4, -0.2) is 6.29 Å². The molecule has 0 aromatic heterocycles. The van der Waals surface area contributed by atoms with Gasteiger partial charge in [0.25, 0.3) is 0 Å². The summed E-state index contributed by atoms with van der Waals surface area (Å²) >= 11 is 6.29. The van der Waals surface area contributed by atoms with E-state index in [0.717, 1.165) is 36.7 Å². The monoisotopic (exact) mass is 250 g/mol. The van der Waals surface area contributed by atoms with Gasteiger partial charge in [-0.15, -0.1) is 0 Å². The summed E-state index contributed by atoms with van der Waals surface area (Å²) in [7, 11) is 0. The largest absolute Gasteiger partial charge is 0.298 e. The van der Waals surface area contributed by atoms with Gasteiger partial charge in [-0.25, -0.2) is 0 Å². The molecule has 0 fully saturated rings. The fourth-order valence-electron chi connectivity index (χ4n) is 2.90. The fraction of sp³-hybridized carbons (Fsp3) is 0.533. The second kappa shape index (κ2) is 4.13. The van der Waals surface area contributed by atoms with Gasteiger partial charge < -0.3 is 0 Å². The van der Waals surface area contributed by atoms with Crippen LogP contribution in [0.5, 0.6) is 0 Å². The van der Waals surface area contributed by atoms with Gasteiger partial charge in [-0.2, -0.15) is 0 Å². The highest BCUT2D eigenvalue weighted by molar-refractivity contribution is 6.34. The number of hydrogen-bond donors (Lipinski definition) is 0. The van der Waals surface area contributed by atoms with Crippen molar-refractivity contribution in [3.8, 4) is 0 Å². The molecule has 1 aromatic rings. The molecule has 0 amide bonds. The Kier molecular flexibility index (Phi) is 3.07. The Bertz CT molecular complexity index is 490. The van der Waals surface area contributed by atoms with Gasteiger partial charge in [0.2, 0.25) is 0 Å². The molecule has 1 atom stereocenters. The molecule has 1 aliphatic rings. The third kappa shape index (κ3) is 1.81. The predicted molar refractivity (Wildman–Crippen MR) is 72.1 cm³/mol. The van der Waals surface area contributed by atoms with Crippen molar-refractivity contribution in [2.75, 3.05) is 0 Å². The molecule has 0 aliphatic heterocycles. The summed E-state index contributed by atoms with van der Waals surface area (Å²) in [6, 6.07) is 0. The average molecular weight is 251 g/mol. The van der Waals surface area contributed by atoms with E-state index in [0.29, 0.717) is 16.0 Å². The lowest BCUT2D eigenvalue weighted by Crippen LogP contribution is -2.14. The Hall–Kier alpha value is -0.820. The van der Waals surface area contributed by atoms with Gasteiger partial charge in [-0.05, 0) is 54.4 Å². The minimum Gasteiger partial charge on any atom is -0.298 e. The molecule has 0 bridgehead atoms. The maximum atomic E-state index is 11.1. The number of benzene rings is 1. The van der Waals surface area contributed by atoms with E-state index in [1.165, 1.54) is 11.1 Å². The standard InChI is InChI=1S/C15H19ClO/c1-5-15(4)6-11-9(2)13(8-17)14(16)10(3)12(11)7-15/h8H,5-7H2,1-4H3. The smallest absolute Gasteiger partial charge is 0.151 e. The first-order valence-corrected chi connectivity index (χ1v) is 6.57. The minimum absolute atomic E-state index is 0.336. The van der Waals surface area contributed by atoms with E-state index in [1.807, 2.05) is 13.8 Å². The molecule has 0 spiro atoms. The summed E-state index contributed by atoms with van der Waals surface area (Å²) in [5.74, 6) is 0. The number of rotatable bonds is 2. The van der Waals surface area contributed by atoms with Gasteiger partial charge in [0, 0.05) is 5.56 Å². The second-order valence-electron chi connectivity index (χ2n) is 5.57. The van der Waals surface area contributed by atoms with Gasteiger partial charge in [0.15, 0.2) is 6.29 Å². The van der Waals surface area contributed by atoms with Crippen molar-refractivity contribution in [1.29, 1.82) is 0 Å². The van der Waals surface area contributed by atoms with Crippen LogP contribution in [0, 0.1) is 19.3 Å². The van der Waals surface area contributed by atoms with E-state index >= 15 is 0 Å². The maximum absolute atomic E-state index is 11.1. The summed E-state index contributed by atoms with van der Waals surface area (Å²) in [4.78, 5) is 11.1. The number of carbonyl (C=O) groups is 1. The summed E-state index contributed by atoms with van der Waals surface area (Å²) in [6.07, 6.45) is 4.22. The maximum Gasteiger partial charge on any atom is 0.151 e. The van der Waals surface area contributed by atoms with Crippen LogP contribution in [0.3, 0.4) is 0 Å². The second-order valence-corrected chi connectivity index (χ2v) is 5.95. The van der Waals surface area contributed by atoms with Crippen LogP contribution in [0.15, 0.2) is 0 Å². The lowest BCUT2D eigenvalue weighted by molar-refractivity contribution is 0.112. The molecule has 1 nitrogen and oxygen atoms in total. The molecule has 0 saturated heterocycles. The minimum atomic E-state index is 0.336. The fourth-order valence-corrected chi connectivity index (χ4v) is 3.20. The van der Waals surface area contributed by atoms with Crippen LogP contribution in [0.2, 0.25) is 5.02 Å². The summed E-state index contributed by atoms with van der Waals surface area (Å²) in [5, 5.41) is 0.650. The van der Waals surface area contributed by atoms with E-state index in [9.17, 15) is 4.79 Å². The van der Waals surface area contributed by atoms with Crippen molar-refractivity contribution in [2.24, 2.45) is 5.41 Å². The van der Waals surface area contributed by atoms with Crippen molar-refractivity contribution in [1.82, 2.24) is 0 Å². The number of aldehydes is 1. The van der Waals surface area contributed by atoms with Crippen molar-refractivity contribution < 1.29 is 4.79 Å². The van der Waals surface area contributed by atoms with E-state index < -0.39 is 0 Å². The highest BCUT2D eigenvalue weighted by Crippen LogP contribution is 2.44. The normalized spacial score (nSPS) is 22.6. The lowest BCUT2D eigenvalue weighted by atomic mass is 9.84. The molecule has 0 radical (unpaired) electrons. The molecule has 2 rings (SSSR count). The van der Waals surface area contributed by atoms with Gasteiger partial charge in [-0.1, -0.05) is 31.9 Å². The van der Waals surface area contributed by atoms with E-state index in [1.54, 1.807) is 0 Å². The number of halogens is 1. The van der Waals surface area contributed by atoms with Gasteiger partial charge >= 0.3 is 0 Å². The zero-order valence-corrected chi connectivity index (χ0v) is 11.7. The molecule has 1 aliphatic carbocycles. The van der Waals surface area contributed by atoms with Crippen molar-refractivity contribution >= 4 is 17.9 Å². The number of carbonyl (C=O) groups excluding carboxylic acids is 1. The first-order valence-electron chi connectivity index (χ1n) is 6.19. The van der Waals surface area contributed by atoms with Crippen molar-refractivity contribution in [3.05, 3.63) is 32.8 Å².